The minimum Gasteiger partial charge on any atom is -0.462 e. The molecule has 1 fully saturated rings. The molecule has 0 spiro atoms. The van der Waals surface area contributed by atoms with Crippen molar-refractivity contribution in [1.29, 1.82) is 0 Å². The lowest BCUT2D eigenvalue weighted by atomic mass is 10.00. The van der Waals surface area contributed by atoms with Crippen LogP contribution in [0.2, 0.25) is 5.02 Å². The number of piperidine rings is 1. The van der Waals surface area contributed by atoms with E-state index < -0.39 is 5.92 Å². The summed E-state index contributed by atoms with van der Waals surface area (Å²) in [6, 6.07) is 6.92. The normalized spacial score (nSPS) is 18.8. The van der Waals surface area contributed by atoms with Gasteiger partial charge in [0, 0.05) is 18.1 Å². The molecule has 0 bridgehead atoms. The molecule has 0 radical (unpaired) electrons. The average molecular weight is 298 g/mol. The molecule has 1 saturated heterocycles. The quantitative estimate of drug-likeness (QED) is 0.864. The number of benzene rings is 1. The Morgan fingerprint density at radius 2 is 2.00 bits per heavy atom. The largest absolute Gasteiger partial charge is 0.462 e. The fourth-order valence-electron chi connectivity index (χ4n) is 2.36. The van der Waals surface area contributed by atoms with Gasteiger partial charge in [0.05, 0.1) is 6.61 Å². The van der Waals surface area contributed by atoms with Crippen LogP contribution in [-0.2, 0) is 9.53 Å². The highest BCUT2D eigenvalue weighted by atomic mass is 35.5. The standard InChI is InChI=1S/C15H20ClNO3/c1-17-8-6-13(7-9-17)20-15(19)14(10-18)11-2-4-12(16)5-3-11/h2-5,13-14,18H,6-10H2,1H3/t14-/m1/s1. The summed E-state index contributed by atoms with van der Waals surface area (Å²) in [5.41, 5.74) is 0.731. The lowest BCUT2D eigenvalue weighted by molar-refractivity contribution is -0.154. The van der Waals surface area contributed by atoms with Crippen molar-refractivity contribution in [3.8, 4) is 0 Å². The molecule has 20 heavy (non-hydrogen) atoms. The fourth-order valence-corrected chi connectivity index (χ4v) is 2.49. The zero-order chi connectivity index (χ0) is 14.5. The van der Waals surface area contributed by atoms with Crippen LogP contribution in [0.3, 0.4) is 0 Å². The van der Waals surface area contributed by atoms with Crippen molar-refractivity contribution in [3.63, 3.8) is 0 Å². The molecule has 0 unspecified atom stereocenters. The van der Waals surface area contributed by atoms with Gasteiger partial charge in [0.25, 0.3) is 0 Å². The van der Waals surface area contributed by atoms with Crippen molar-refractivity contribution in [2.24, 2.45) is 0 Å². The van der Waals surface area contributed by atoms with E-state index in [1.165, 1.54) is 0 Å². The lowest BCUT2D eigenvalue weighted by Crippen LogP contribution is -2.36. The highest BCUT2D eigenvalue weighted by Gasteiger charge is 2.26. The maximum atomic E-state index is 12.2. The highest BCUT2D eigenvalue weighted by Crippen LogP contribution is 2.22. The van der Waals surface area contributed by atoms with Crippen LogP contribution in [0.1, 0.15) is 24.3 Å². The number of nitrogens with zero attached hydrogens (tertiary/aromatic N) is 1. The number of aliphatic hydroxyl groups is 1. The van der Waals surface area contributed by atoms with Gasteiger partial charge in [-0.15, -0.1) is 0 Å². The fraction of sp³-hybridized carbons (Fsp3) is 0.533. The predicted octanol–water partition coefficient (Wildman–Crippen LogP) is 2.05. The van der Waals surface area contributed by atoms with E-state index in [2.05, 4.69) is 11.9 Å². The zero-order valence-corrected chi connectivity index (χ0v) is 12.3. The predicted molar refractivity (Wildman–Crippen MR) is 77.9 cm³/mol. The van der Waals surface area contributed by atoms with Crippen LogP contribution in [0.25, 0.3) is 0 Å². The zero-order valence-electron chi connectivity index (χ0n) is 11.6. The Kier molecular flexibility index (Phi) is 5.40. The summed E-state index contributed by atoms with van der Waals surface area (Å²) in [7, 11) is 2.06. The van der Waals surface area contributed by atoms with Crippen molar-refractivity contribution >= 4 is 17.6 Å². The van der Waals surface area contributed by atoms with Crippen molar-refractivity contribution in [2.75, 3.05) is 26.7 Å². The van der Waals surface area contributed by atoms with Gasteiger partial charge in [-0.2, -0.15) is 0 Å². The Morgan fingerprint density at radius 1 is 1.40 bits per heavy atom. The number of esters is 1. The minimum absolute atomic E-state index is 0.0416. The molecule has 1 aliphatic rings. The topological polar surface area (TPSA) is 49.8 Å². The van der Waals surface area contributed by atoms with Crippen LogP contribution in [-0.4, -0.2) is 48.8 Å². The number of halogens is 1. The van der Waals surface area contributed by atoms with Gasteiger partial charge >= 0.3 is 5.97 Å². The minimum atomic E-state index is -0.632. The van der Waals surface area contributed by atoms with Crippen LogP contribution in [0.15, 0.2) is 24.3 Å². The third-order valence-corrected chi connectivity index (χ3v) is 3.94. The molecule has 1 atom stereocenters. The molecule has 1 aromatic carbocycles. The van der Waals surface area contributed by atoms with E-state index in [0.29, 0.717) is 5.02 Å². The monoisotopic (exact) mass is 297 g/mol. The maximum absolute atomic E-state index is 12.2. The van der Waals surface area contributed by atoms with E-state index >= 15 is 0 Å². The summed E-state index contributed by atoms with van der Waals surface area (Å²) >= 11 is 5.83. The van der Waals surface area contributed by atoms with Crippen LogP contribution in [0.5, 0.6) is 0 Å². The van der Waals surface area contributed by atoms with E-state index in [4.69, 9.17) is 16.3 Å². The molecule has 0 amide bonds. The summed E-state index contributed by atoms with van der Waals surface area (Å²) < 4.78 is 5.52. The van der Waals surface area contributed by atoms with Gasteiger partial charge in [0.2, 0.25) is 0 Å². The number of hydrogen-bond donors (Lipinski definition) is 1. The van der Waals surface area contributed by atoms with E-state index in [9.17, 15) is 9.90 Å². The first-order chi connectivity index (χ1) is 9.60. The summed E-state index contributed by atoms with van der Waals surface area (Å²) in [6.07, 6.45) is 1.65. The number of ether oxygens (including phenoxy) is 1. The van der Waals surface area contributed by atoms with E-state index in [0.717, 1.165) is 31.5 Å². The van der Waals surface area contributed by atoms with E-state index in [-0.39, 0.29) is 18.7 Å². The summed E-state index contributed by atoms with van der Waals surface area (Å²) in [5.74, 6) is -0.990. The Morgan fingerprint density at radius 3 is 2.55 bits per heavy atom. The van der Waals surface area contributed by atoms with Gasteiger partial charge in [-0.05, 0) is 37.6 Å². The van der Waals surface area contributed by atoms with Crippen molar-refractivity contribution in [2.45, 2.75) is 24.9 Å². The Labute approximate surface area is 124 Å². The SMILES string of the molecule is CN1CCC(OC(=O)[C@H](CO)c2ccc(Cl)cc2)CC1. The molecule has 5 heteroatoms. The number of carbonyl (C=O) groups is 1. The van der Waals surface area contributed by atoms with Crippen molar-refractivity contribution in [3.05, 3.63) is 34.9 Å². The summed E-state index contributed by atoms with van der Waals surface area (Å²) in [5, 5.41) is 10.1. The molecule has 1 aromatic rings. The molecule has 0 aromatic heterocycles. The van der Waals surface area contributed by atoms with Crippen LogP contribution in [0.4, 0.5) is 0 Å². The second-order valence-electron chi connectivity index (χ2n) is 5.23. The number of aliphatic hydroxyl groups excluding tert-OH is 1. The third kappa shape index (κ3) is 3.95. The van der Waals surface area contributed by atoms with Gasteiger partial charge in [-0.3, -0.25) is 4.79 Å². The second kappa shape index (κ2) is 7.07. The number of hydrogen-bond acceptors (Lipinski definition) is 4. The highest BCUT2D eigenvalue weighted by molar-refractivity contribution is 6.30. The van der Waals surface area contributed by atoms with Crippen LogP contribution in [0, 0.1) is 0 Å². The molecule has 1 N–H and O–H groups in total. The number of carbonyl (C=O) groups excluding carboxylic acids is 1. The molecule has 110 valence electrons. The first-order valence-corrected chi connectivity index (χ1v) is 7.23. The van der Waals surface area contributed by atoms with Crippen molar-refractivity contribution in [1.82, 2.24) is 4.90 Å². The summed E-state index contributed by atoms with van der Waals surface area (Å²) in [4.78, 5) is 14.4. The maximum Gasteiger partial charge on any atom is 0.316 e. The number of likely N-dealkylation sites (tertiary alicyclic amines) is 1. The first kappa shape index (κ1) is 15.3. The molecule has 1 aliphatic heterocycles. The van der Waals surface area contributed by atoms with Gasteiger partial charge in [0.15, 0.2) is 0 Å². The molecular weight excluding hydrogens is 278 g/mol. The average Bonchev–Trinajstić information content (AvgIpc) is 2.44. The smallest absolute Gasteiger partial charge is 0.316 e. The second-order valence-corrected chi connectivity index (χ2v) is 5.66. The van der Waals surface area contributed by atoms with Gasteiger partial charge in [-0.1, -0.05) is 23.7 Å². The molecule has 4 nitrogen and oxygen atoms in total. The van der Waals surface area contributed by atoms with Gasteiger partial charge in [-0.25, -0.2) is 0 Å². The van der Waals surface area contributed by atoms with E-state index in [1.54, 1.807) is 24.3 Å². The molecule has 0 saturated carbocycles. The van der Waals surface area contributed by atoms with Crippen LogP contribution >= 0.6 is 11.6 Å². The first-order valence-electron chi connectivity index (χ1n) is 6.85. The third-order valence-electron chi connectivity index (χ3n) is 3.69. The van der Waals surface area contributed by atoms with E-state index in [1.807, 2.05) is 0 Å². The van der Waals surface area contributed by atoms with Crippen LogP contribution < -0.4 is 0 Å². The summed E-state index contributed by atoms with van der Waals surface area (Å²) in [6.45, 7) is 1.61. The van der Waals surface area contributed by atoms with Gasteiger partial charge < -0.3 is 14.7 Å². The molecule has 2 rings (SSSR count). The Bertz CT molecular complexity index is 441. The molecule has 1 heterocycles. The lowest BCUT2D eigenvalue weighted by Gasteiger charge is -2.29. The Hall–Kier alpha value is -1.10. The van der Waals surface area contributed by atoms with Gasteiger partial charge in [0.1, 0.15) is 12.0 Å². The van der Waals surface area contributed by atoms with Crippen molar-refractivity contribution < 1.29 is 14.6 Å². The molecular formula is C15H20ClNO3. The molecule has 0 aliphatic carbocycles. The number of rotatable bonds is 4. The Balaban J connectivity index is 1.97.